The zero-order valence-corrected chi connectivity index (χ0v) is 19.9. The number of nitrogens with one attached hydrogen (secondary N) is 1. The average molecular weight is 420 g/mol. The molecule has 29 heavy (non-hydrogen) atoms. The molecule has 162 valence electrons. The Morgan fingerprint density at radius 2 is 2.10 bits per heavy atom. The van der Waals surface area contributed by atoms with Crippen LogP contribution in [-0.2, 0) is 11.5 Å². The van der Waals surface area contributed by atoms with E-state index in [-0.39, 0.29) is 5.04 Å². The van der Waals surface area contributed by atoms with E-state index in [4.69, 9.17) is 10.2 Å². The smallest absolute Gasteiger partial charge is 0.206 e. The van der Waals surface area contributed by atoms with Crippen LogP contribution in [0, 0.1) is 5.92 Å². The van der Waals surface area contributed by atoms with Crippen molar-refractivity contribution in [2.24, 2.45) is 23.7 Å². The fourth-order valence-electron chi connectivity index (χ4n) is 2.60. The van der Waals surface area contributed by atoms with Gasteiger partial charge in [-0.3, -0.25) is 9.25 Å². The van der Waals surface area contributed by atoms with E-state index in [1.807, 2.05) is 7.05 Å². The van der Waals surface area contributed by atoms with Gasteiger partial charge in [0.15, 0.2) is 8.32 Å². The maximum Gasteiger partial charge on any atom is 0.206 e. The number of imidazole rings is 1. The number of hydrogen-bond acceptors (Lipinski definition) is 5. The number of aliphatic imine (C=N–C) groups is 1. The third-order valence-corrected chi connectivity index (χ3v) is 10.1. The molecular weight excluding hydrogens is 382 g/mol. The largest absolute Gasteiger partial charge is 0.417 e. The van der Waals surface area contributed by atoms with Gasteiger partial charge >= 0.3 is 0 Å². The van der Waals surface area contributed by atoms with Crippen molar-refractivity contribution in [3.05, 3.63) is 24.9 Å². The molecule has 0 aliphatic carbocycles. The molecule has 0 fully saturated rings. The topological polar surface area (TPSA) is 95.3 Å². The minimum Gasteiger partial charge on any atom is -0.417 e. The Morgan fingerprint density at radius 3 is 2.72 bits per heavy atom. The molecule has 0 bridgehead atoms. The highest BCUT2D eigenvalue weighted by Crippen LogP contribution is 2.36. The van der Waals surface area contributed by atoms with Gasteiger partial charge in [-0.2, -0.15) is 5.10 Å². The first-order valence-corrected chi connectivity index (χ1v) is 13.1. The first kappa shape index (κ1) is 23.1. The number of nitrogens with zero attached hydrogens (tertiary/aromatic N) is 5. The highest BCUT2D eigenvalue weighted by molar-refractivity contribution is 6.74. The van der Waals surface area contributed by atoms with Crippen LogP contribution in [0.3, 0.4) is 0 Å². The minimum atomic E-state index is -1.67. The molecule has 0 amide bonds. The van der Waals surface area contributed by atoms with Gasteiger partial charge < -0.3 is 15.5 Å². The molecule has 0 saturated carbocycles. The van der Waals surface area contributed by atoms with Crippen LogP contribution in [0.4, 0.5) is 11.5 Å². The van der Waals surface area contributed by atoms with Crippen LogP contribution in [0.15, 0.2) is 29.9 Å². The zero-order valence-electron chi connectivity index (χ0n) is 18.9. The lowest BCUT2D eigenvalue weighted by Gasteiger charge is -2.37. The highest BCUT2D eigenvalue weighted by Gasteiger charge is 2.37. The molecule has 1 atom stereocenters. The van der Waals surface area contributed by atoms with Crippen molar-refractivity contribution in [1.82, 2.24) is 19.3 Å². The van der Waals surface area contributed by atoms with Crippen LogP contribution in [0.5, 0.6) is 0 Å². The van der Waals surface area contributed by atoms with E-state index in [1.165, 1.54) is 0 Å². The summed E-state index contributed by atoms with van der Waals surface area (Å²) >= 11 is 0. The molecule has 0 spiro atoms. The fourth-order valence-corrected chi connectivity index (χ4v) is 3.73. The lowest BCUT2D eigenvalue weighted by Crippen LogP contribution is -2.41. The molecule has 2 aromatic rings. The normalized spacial score (nSPS) is 14.2. The Morgan fingerprint density at radius 1 is 1.38 bits per heavy atom. The zero-order chi connectivity index (χ0) is 21.7. The summed E-state index contributed by atoms with van der Waals surface area (Å²) in [4.78, 5) is 8.46. The number of hydrogen-bond donors (Lipinski definition) is 2. The van der Waals surface area contributed by atoms with Gasteiger partial charge in [-0.25, -0.2) is 9.98 Å². The van der Waals surface area contributed by atoms with Gasteiger partial charge in [0, 0.05) is 32.6 Å². The summed E-state index contributed by atoms with van der Waals surface area (Å²) in [6.45, 7) is 15.4. The maximum absolute atomic E-state index is 6.34. The van der Waals surface area contributed by atoms with Gasteiger partial charge in [-0.05, 0) is 36.9 Å². The second-order valence-corrected chi connectivity index (χ2v) is 14.0. The van der Waals surface area contributed by atoms with Crippen molar-refractivity contribution in [1.29, 1.82) is 0 Å². The van der Waals surface area contributed by atoms with Gasteiger partial charge in [0.05, 0.1) is 6.20 Å². The van der Waals surface area contributed by atoms with Crippen LogP contribution in [0.25, 0.3) is 0 Å². The number of nitrogens with two attached hydrogens (primary N) is 1. The molecule has 0 unspecified atom stereocenters. The van der Waals surface area contributed by atoms with E-state index in [0.717, 1.165) is 31.8 Å². The first-order valence-electron chi connectivity index (χ1n) is 10.2. The SMILES string of the molecule is C[C@@H](CCCNc1c(N=C(N)n2ccnc2)cnn1C)CO[Si](C)(C)C(C)(C)C. The number of anilines is 1. The summed E-state index contributed by atoms with van der Waals surface area (Å²) in [6, 6.07) is 0. The Balaban J connectivity index is 1.82. The van der Waals surface area contributed by atoms with Crippen LogP contribution in [0.2, 0.25) is 18.1 Å². The summed E-state index contributed by atoms with van der Waals surface area (Å²) < 4.78 is 9.79. The summed E-state index contributed by atoms with van der Waals surface area (Å²) in [7, 11) is 0.221. The first-order chi connectivity index (χ1) is 13.5. The molecule has 0 saturated heterocycles. The van der Waals surface area contributed by atoms with Crippen molar-refractivity contribution in [3.8, 4) is 0 Å². The van der Waals surface area contributed by atoms with E-state index < -0.39 is 8.32 Å². The number of aromatic nitrogens is 4. The fraction of sp³-hybridized carbons (Fsp3) is 0.650. The van der Waals surface area contributed by atoms with Crippen molar-refractivity contribution in [2.75, 3.05) is 18.5 Å². The molecular formula is C20H37N7OSi. The van der Waals surface area contributed by atoms with Crippen LogP contribution in [0.1, 0.15) is 40.5 Å². The lowest BCUT2D eigenvalue weighted by atomic mass is 10.1. The van der Waals surface area contributed by atoms with Gasteiger partial charge in [-0.1, -0.05) is 27.7 Å². The molecule has 0 radical (unpaired) electrons. The number of rotatable bonds is 9. The van der Waals surface area contributed by atoms with E-state index >= 15 is 0 Å². The van der Waals surface area contributed by atoms with Crippen molar-refractivity contribution in [2.45, 2.75) is 58.7 Å². The third kappa shape index (κ3) is 6.43. The Labute approximate surface area is 175 Å². The highest BCUT2D eigenvalue weighted by atomic mass is 28.4. The molecule has 0 aliphatic rings. The van der Waals surface area contributed by atoms with E-state index in [2.05, 4.69) is 61.2 Å². The van der Waals surface area contributed by atoms with Gasteiger partial charge in [0.1, 0.15) is 17.8 Å². The Kier molecular flexibility index (Phi) is 7.64. The maximum atomic E-state index is 6.34. The second-order valence-electron chi connectivity index (χ2n) is 9.19. The Bertz CT molecular complexity index is 790. The molecule has 0 aliphatic heterocycles. The van der Waals surface area contributed by atoms with Gasteiger partial charge in [0.2, 0.25) is 5.96 Å². The molecule has 8 nitrogen and oxygen atoms in total. The lowest BCUT2D eigenvalue weighted by molar-refractivity contribution is 0.230. The molecule has 3 N–H and O–H groups in total. The average Bonchev–Trinajstić information content (AvgIpc) is 3.27. The van der Waals surface area contributed by atoms with Gasteiger partial charge in [0.25, 0.3) is 0 Å². The summed E-state index contributed by atoms with van der Waals surface area (Å²) in [5.41, 5.74) is 6.76. The molecule has 9 heteroatoms. The standard InChI is InChI=1S/C20H37N7OSi/c1-16(14-28-29(6,7)20(2,3)4)9-8-10-23-18-17(13-24-26(18)5)25-19(21)27-12-11-22-15-27/h11-13,15-16,23H,8-10,14H2,1-7H3,(H2,21,25)/t16-/m0/s1. The van der Waals surface area contributed by atoms with Crippen LogP contribution in [-0.4, -0.2) is 46.8 Å². The quantitative estimate of drug-likeness (QED) is 0.278. The summed E-state index contributed by atoms with van der Waals surface area (Å²) in [5.74, 6) is 1.75. The monoisotopic (exact) mass is 419 g/mol. The van der Waals surface area contributed by atoms with Crippen molar-refractivity contribution < 1.29 is 4.43 Å². The third-order valence-electron chi connectivity index (χ3n) is 5.62. The predicted molar refractivity (Wildman–Crippen MR) is 122 cm³/mol. The molecule has 0 aromatic carbocycles. The van der Waals surface area contributed by atoms with Crippen molar-refractivity contribution in [3.63, 3.8) is 0 Å². The predicted octanol–water partition coefficient (Wildman–Crippen LogP) is 3.96. The van der Waals surface area contributed by atoms with E-state index in [1.54, 1.807) is 34.2 Å². The van der Waals surface area contributed by atoms with E-state index in [9.17, 15) is 0 Å². The molecule has 2 rings (SSSR count). The van der Waals surface area contributed by atoms with Crippen molar-refractivity contribution >= 4 is 25.8 Å². The van der Waals surface area contributed by atoms with Gasteiger partial charge in [-0.15, -0.1) is 0 Å². The second kappa shape index (κ2) is 9.58. The Hall–Kier alpha value is -2.13. The van der Waals surface area contributed by atoms with Crippen LogP contribution >= 0.6 is 0 Å². The minimum absolute atomic E-state index is 0.253. The van der Waals surface area contributed by atoms with Crippen LogP contribution < -0.4 is 11.1 Å². The summed E-state index contributed by atoms with van der Waals surface area (Å²) in [5, 5.41) is 7.99. The van der Waals surface area contributed by atoms with E-state index in [0.29, 0.717) is 17.6 Å². The summed E-state index contributed by atoms with van der Waals surface area (Å²) in [6.07, 6.45) is 8.91. The molecule has 2 aromatic heterocycles. The molecule has 2 heterocycles. The number of aryl methyl sites for hydroxylation is 1.